The molecule has 1 saturated heterocycles. The number of nitrogens with zero attached hydrogens (tertiary/aromatic N) is 1. The molecule has 0 aromatic heterocycles. The van der Waals surface area contributed by atoms with E-state index in [1.165, 1.54) is 11.6 Å². The van der Waals surface area contributed by atoms with Crippen LogP contribution in [0.4, 0.5) is 0 Å². The van der Waals surface area contributed by atoms with Crippen LogP contribution in [0, 0.1) is 6.92 Å². The van der Waals surface area contributed by atoms with E-state index in [2.05, 4.69) is 12.1 Å². The number of carboxylic acid groups (broad SMARTS) is 1. The van der Waals surface area contributed by atoms with Crippen molar-refractivity contribution in [3.63, 3.8) is 0 Å². The fourth-order valence-electron chi connectivity index (χ4n) is 3.26. The number of ether oxygens (including phenoxy) is 1. The zero-order valence-corrected chi connectivity index (χ0v) is 14.9. The Morgan fingerprint density at radius 2 is 1.88 bits per heavy atom. The Morgan fingerprint density at radius 3 is 2.62 bits per heavy atom. The van der Waals surface area contributed by atoms with Gasteiger partial charge in [-0.1, -0.05) is 30.3 Å². The van der Waals surface area contributed by atoms with E-state index in [1.54, 1.807) is 24.0 Å². The van der Waals surface area contributed by atoms with Gasteiger partial charge in [-0.3, -0.25) is 4.79 Å². The molecule has 2 aromatic carbocycles. The van der Waals surface area contributed by atoms with Crippen LogP contribution in [0.2, 0.25) is 0 Å². The van der Waals surface area contributed by atoms with Gasteiger partial charge in [0.1, 0.15) is 0 Å². The maximum atomic E-state index is 12.8. The van der Waals surface area contributed by atoms with E-state index in [4.69, 9.17) is 4.74 Å². The van der Waals surface area contributed by atoms with E-state index in [-0.39, 0.29) is 17.6 Å². The van der Waals surface area contributed by atoms with E-state index in [1.807, 2.05) is 18.2 Å². The first-order valence-electron chi connectivity index (χ1n) is 8.83. The number of benzene rings is 2. The van der Waals surface area contributed by atoms with Crippen LogP contribution in [-0.4, -0.2) is 47.7 Å². The molecule has 0 radical (unpaired) electrons. The van der Waals surface area contributed by atoms with Crippen molar-refractivity contribution in [2.45, 2.75) is 25.9 Å². The Hall–Kier alpha value is -2.66. The Kier molecular flexibility index (Phi) is 5.68. The summed E-state index contributed by atoms with van der Waals surface area (Å²) in [6.07, 6.45) is 1.75. The number of carbonyl (C=O) groups excluding carboxylic acids is 1. The standard InChI is InChI=1S/C21H23NO4/c1-15-11-17(13-18(12-15)21(24)25)20(23)22-9-10-26-19(14-22)8-7-16-5-3-2-4-6-16/h2-6,11-13,19H,7-10,14H2,1H3,(H,24,25). The summed E-state index contributed by atoms with van der Waals surface area (Å²) >= 11 is 0. The van der Waals surface area contributed by atoms with Crippen LogP contribution >= 0.6 is 0 Å². The minimum absolute atomic E-state index is 0.00309. The van der Waals surface area contributed by atoms with Gasteiger partial charge in [-0.15, -0.1) is 0 Å². The van der Waals surface area contributed by atoms with Crippen molar-refractivity contribution in [1.82, 2.24) is 4.90 Å². The topological polar surface area (TPSA) is 66.8 Å². The van der Waals surface area contributed by atoms with E-state index in [0.29, 0.717) is 25.3 Å². The van der Waals surface area contributed by atoms with Gasteiger partial charge in [-0.25, -0.2) is 4.79 Å². The number of aryl methyl sites for hydroxylation is 2. The lowest BCUT2D eigenvalue weighted by atomic mass is 10.0. The first-order chi connectivity index (χ1) is 12.5. The molecule has 0 spiro atoms. The molecule has 1 atom stereocenters. The zero-order chi connectivity index (χ0) is 18.5. The Balaban J connectivity index is 1.65. The number of rotatable bonds is 5. The highest BCUT2D eigenvalue weighted by atomic mass is 16.5. The maximum Gasteiger partial charge on any atom is 0.335 e. The predicted octanol–water partition coefficient (Wildman–Crippen LogP) is 3.17. The largest absolute Gasteiger partial charge is 0.478 e. The van der Waals surface area contributed by atoms with Gasteiger partial charge in [0.05, 0.1) is 18.3 Å². The molecule has 5 nitrogen and oxygen atoms in total. The number of aromatic carboxylic acids is 1. The highest BCUT2D eigenvalue weighted by Gasteiger charge is 2.25. The van der Waals surface area contributed by atoms with Gasteiger partial charge in [0.15, 0.2) is 0 Å². The highest BCUT2D eigenvalue weighted by Crippen LogP contribution is 2.17. The molecular formula is C21H23NO4. The number of amides is 1. The average Bonchev–Trinajstić information content (AvgIpc) is 2.66. The molecule has 136 valence electrons. The van der Waals surface area contributed by atoms with Crippen molar-refractivity contribution in [3.05, 3.63) is 70.8 Å². The molecule has 1 N–H and O–H groups in total. The molecular weight excluding hydrogens is 330 g/mol. The quantitative estimate of drug-likeness (QED) is 0.897. The lowest BCUT2D eigenvalue weighted by Gasteiger charge is -2.33. The number of hydrogen-bond donors (Lipinski definition) is 1. The van der Waals surface area contributed by atoms with Gasteiger partial charge < -0.3 is 14.7 Å². The summed E-state index contributed by atoms with van der Waals surface area (Å²) in [4.78, 5) is 25.8. The van der Waals surface area contributed by atoms with Crippen LogP contribution < -0.4 is 0 Å². The SMILES string of the molecule is Cc1cc(C(=O)O)cc(C(=O)N2CCOC(CCc3ccccc3)C2)c1. The first kappa shape index (κ1) is 18.1. The smallest absolute Gasteiger partial charge is 0.335 e. The van der Waals surface area contributed by atoms with Crippen LogP contribution in [0.25, 0.3) is 0 Å². The average molecular weight is 353 g/mol. The fourth-order valence-corrected chi connectivity index (χ4v) is 3.26. The van der Waals surface area contributed by atoms with Crippen molar-refractivity contribution in [3.8, 4) is 0 Å². The van der Waals surface area contributed by atoms with Crippen LogP contribution in [0.15, 0.2) is 48.5 Å². The summed E-state index contributed by atoms with van der Waals surface area (Å²) in [5.74, 6) is -1.16. The van der Waals surface area contributed by atoms with E-state index < -0.39 is 5.97 Å². The number of hydrogen-bond acceptors (Lipinski definition) is 3. The normalized spacial score (nSPS) is 17.1. The summed E-state index contributed by atoms with van der Waals surface area (Å²) in [5.41, 5.74) is 2.58. The second-order valence-electron chi connectivity index (χ2n) is 6.66. The molecule has 0 aliphatic carbocycles. The van der Waals surface area contributed by atoms with Crippen LogP contribution in [0.1, 0.15) is 38.3 Å². The molecule has 1 unspecified atom stereocenters. The van der Waals surface area contributed by atoms with Gasteiger partial charge in [0.25, 0.3) is 5.91 Å². The molecule has 3 rings (SSSR count). The molecule has 0 saturated carbocycles. The molecule has 1 amide bonds. The minimum atomic E-state index is -1.02. The van der Waals surface area contributed by atoms with Crippen molar-refractivity contribution in [1.29, 1.82) is 0 Å². The predicted molar refractivity (Wildman–Crippen MR) is 98.5 cm³/mol. The summed E-state index contributed by atoms with van der Waals surface area (Å²) in [6.45, 7) is 3.35. The fraction of sp³-hybridized carbons (Fsp3) is 0.333. The molecule has 26 heavy (non-hydrogen) atoms. The number of morpholine rings is 1. The van der Waals surface area contributed by atoms with Crippen molar-refractivity contribution in [2.24, 2.45) is 0 Å². The lowest BCUT2D eigenvalue weighted by molar-refractivity contribution is -0.0246. The van der Waals surface area contributed by atoms with Crippen molar-refractivity contribution < 1.29 is 19.4 Å². The number of carboxylic acids is 1. The third-order valence-corrected chi connectivity index (χ3v) is 4.60. The Morgan fingerprint density at radius 1 is 1.15 bits per heavy atom. The molecule has 1 heterocycles. The van der Waals surface area contributed by atoms with Gasteiger partial charge in [-0.05, 0) is 49.1 Å². The Labute approximate surface area is 153 Å². The van der Waals surface area contributed by atoms with Crippen LogP contribution in [-0.2, 0) is 11.2 Å². The van der Waals surface area contributed by atoms with Gasteiger partial charge in [-0.2, -0.15) is 0 Å². The highest BCUT2D eigenvalue weighted by molar-refractivity contribution is 5.97. The Bertz CT molecular complexity index is 788. The van der Waals surface area contributed by atoms with Crippen LogP contribution in [0.3, 0.4) is 0 Å². The maximum absolute atomic E-state index is 12.8. The summed E-state index contributed by atoms with van der Waals surface area (Å²) in [5, 5.41) is 9.20. The third kappa shape index (κ3) is 4.49. The molecule has 1 aliphatic heterocycles. The lowest BCUT2D eigenvalue weighted by Crippen LogP contribution is -2.45. The molecule has 2 aromatic rings. The molecule has 5 heteroatoms. The summed E-state index contributed by atoms with van der Waals surface area (Å²) < 4.78 is 5.81. The molecule has 1 aliphatic rings. The van der Waals surface area contributed by atoms with E-state index in [9.17, 15) is 14.7 Å². The number of carbonyl (C=O) groups is 2. The van der Waals surface area contributed by atoms with Crippen molar-refractivity contribution in [2.75, 3.05) is 19.7 Å². The monoisotopic (exact) mass is 353 g/mol. The van der Waals surface area contributed by atoms with Crippen LogP contribution in [0.5, 0.6) is 0 Å². The van der Waals surface area contributed by atoms with E-state index >= 15 is 0 Å². The first-order valence-corrected chi connectivity index (χ1v) is 8.83. The third-order valence-electron chi connectivity index (χ3n) is 4.60. The van der Waals surface area contributed by atoms with Crippen molar-refractivity contribution >= 4 is 11.9 Å². The molecule has 1 fully saturated rings. The van der Waals surface area contributed by atoms with Gasteiger partial charge >= 0.3 is 5.97 Å². The summed E-state index contributed by atoms with van der Waals surface area (Å²) in [7, 11) is 0. The van der Waals surface area contributed by atoms with Gasteiger partial charge in [0, 0.05) is 18.7 Å². The van der Waals surface area contributed by atoms with Gasteiger partial charge in [0.2, 0.25) is 0 Å². The minimum Gasteiger partial charge on any atom is -0.478 e. The second kappa shape index (κ2) is 8.15. The van der Waals surface area contributed by atoms with E-state index in [0.717, 1.165) is 18.4 Å². The second-order valence-corrected chi connectivity index (χ2v) is 6.66. The molecule has 0 bridgehead atoms. The zero-order valence-electron chi connectivity index (χ0n) is 14.9. The summed E-state index contributed by atoms with van der Waals surface area (Å²) in [6, 6.07) is 15.0.